The monoisotopic (exact) mass is 509 g/mol. The Kier molecular flexibility index (Phi) is 7.44. The molecule has 0 atom stereocenters. The molecule has 1 saturated heterocycles. The van der Waals surface area contributed by atoms with Crippen LogP contribution in [0.25, 0.3) is 0 Å². The lowest BCUT2D eigenvalue weighted by molar-refractivity contribution is -0.384. The summed E-state index contributed by atoms with van der Waals surface area (Å²) in [6, 6.07) is 12.3. The topological polar surface area (TPSA) is 139 Å². The minimum atomic E-state index is -0.607. The number of methoxy groups -OCH3 is 1. The number of benzene rings is 2. The number of amides is 2. The van der Waals surface area contributed by atoms with Crippen molar-refractivity contribution in [1.29, 1.82) is 0 Å². The zero-order valence-corrected chi connectivity index (χ0v) is 20.1. The molecule has 2 amide bonds. The second-order valence-electron chi connectivity index (χ2n) is 7.91. The van der Waals surface area contributed by atoms with Gasteiger partial charge in [0.2, 0.25) is 0 Å². The van der Waals surface area contributed by atoms with E-state index in [0.717, 1.165) is 25.9 Å². The van der Waals surface area contributed by atoms with Crippen LogP contribution in [-0.2, 0) is 0 Å². The minimum absolute atomic E-state index is 0.0564. The summed E-state index contributed by atoms with van der Waals surface area (Å²) in [5.74, 6) is -0.489. The molecule has 2 aromatic carbocycles. The largest absolute Gasteiger partial charge is 0.495 e. The molecule has 12 heteroatoms. The van der Waals surface area contributed by atoms with E-state index in [1.165, 1.54) is 31.6 Å². The molecule has 11 nitrogen and oxygen atoms in total. The van der Waals surface area contributed by atoms with E-state index in [0.29, 0.717) is 22.8 Å². The van der Waals surface area contributed by atoms with Crippen molar-refractivity contribution in [3.8, 4) is 5.75 Å². The number of carbonyl (C=O) groups is 2. The van der Waals surface area contributed by atoms with E-state index in [9.17, 15) is 19.7 Å². The van der Waals surface area contributed by atoms with E-state index in [2.05, 4.69) is 16.0 Å². The molecule has 0 unspecified atom stereocenters. The molecule has 1 aromatic heterocycles. The van der Waals surface area contributed by atoms with Gasteiger partial charge in [-0.05, 0) is 67.5 Å². The molecule has 0 radical (unpaired) electrons. The lowest BCUT2D eigenvalue weighted by Gasteiger charge is -2.18. The Morgan fingerprint density at radius 1 is 1.08 bits per heavy atom. The number of carbonyl (C=O) groups excluding carboxylic acids is 2. The van der Waals surface area contributed by atoms with Gasteiger partial charge < -0.3 is 24.7 Å². The molecule has 2 heterocycles. The molecule has 186 valence electrons. The first-order valence-corrected chi connectivity index (χ1v) is 11.4. The molecule has 3 aromatic rings. The summed E-state index contributed by atoms with van der Waals surface area (Å²) in [4.78, 5) is 38.1. The van der Waals surface area contributed by atoms with Gasteiger partial charge in [0.1, 0.15) is 11.4 Å². The summed E-state index contributed by atoms with van der Waals surface area (Å²) in [6.45, 7) is 1.48. The van der Waals surface area contributed by atoms with E-state index in [1.54, 1.807) is 30.3 Å². The van der Waals surface area contributed by atoms with Crippen LogP contribution in [0.1, 0.15) is 33.8 Å². The molecule has 4 rings (SSSR count). The Morgan fingerprint density at radius 2 is 1.86 bits per heavy atom. The summed E-state index contributed by atoms with van der Waals surface area (Å²) >= 11 is 5.27. The Morgan fingerprint density at radius 3 is 2.53 bits per heavy atom. The molecule has 3 N–H and O–H groups in total. The minimum Gasteiger partial charge on any atom is -0.495 e. The third kappa shape index (κ3) is 5.61. The van der Waals surface area contributed by atoms with Crippen LogP contribution in [0.3, 0.4) is 0 Å². The number of nitrogens with zero attached hydrogens (tertiary/aromatic N) is 2. The number of anilines is 3. The summed E-state index contributed by atoms with van der Waals surface area (Å²) in [7, 11) is 1.46. The average Bonchev–Trinajstić information content (AvgIpc) is 3.58. The molecular formula is C24H23N5O6S. The number of nitrogens with one attached hydrogen (secondary N) is 3. The van der Waals surface area contributed by atoms with E-state index in [-0.39, 0.29) is 22.1 Å². The van der Waals surface area contributed by atoms with E-state index < -0.39 is 16.7 Å². The van der Waals surface area contributed by atoms with Gasteiger partial charge in [0.25, 0.3) is 17.5 Å². The number of furan rings is 1. The normalized spacial score (nSPS) is 12.6. The van der Waals surface area contributed by atoms with Crippen molar-refractivity contribution >= 4 is 51.9 Å². The molecule has 0 bridgehead atoms. The van der Waals surface area contributed by atoms with Crippen molar-refractivity contribution in [2.45, 2.75) is 12.8 Å². The molecule has 36 heavy (non-hydrogen) atoms. The Labute approximate surface area is 211 Å². The highest BCUT2D eigenvalue weighted by atomic mass is 32.1. The maximum atomic E-state index is 12.8. The third-order valence-electron chi connectivity index (χ3n) is 5.56. The second-order valence-corrected chi connectivity index (χ2v) is 8.32. The Bertz CT molecular complexity index is 1300. The van der Waals surface area contributed by atoms with Crippen LogP contribution in [0.2, 0.25) is 0 Å². The molecule has 1 aliphatic rings. The molecule has 1 fully saturated rings. The van der Waals surface area contributed by atoms with Crippen molar-refractivity contribution in [2.75, 3.05) is 35.7 Å². The van der Waals surface area contributed by atoms with Crippen LogP contribution in [-0.4, -0.2) is 42.0 Å². The number of thiocarbonyl (C=S) groups is 1. The molecule has 0 spiro atoms. The van der Waals surface area contributed by atoms with Gasteiger partial charge in [-0.25, -0.2) is 0 Å². The van der Waals surface area contributed by atoms with E-state index >= 15 is 0 Å². The van der Waals surface area contributed by atoms with Crippen LogP contribution in [0.4, 0.5) is 22.7 Å². The van der Waals surface area contributed by atoms with Crippen molar-refractivity contribution in [2.24, 2.45) is 0 Å². The number of hydrogen-bond donors (Lipinski definition) is 3. The maximum Gasteiger partial charge on any atom is 0.293 e. The van der Waals surface area contributed by atoms with Gasteiger partial charge in [0.05, 0.1) is 24.0 Å². The Balaban J connectivity index is 1.46. The zero-order valence-electron chi connectivity index (χ0n) is 19.3. The summed E-state index contributed by atoms with van der Waals surface area (Å²) in [5, 5.41) is 19.7. The fourth-order valence-corrected chi connectivity index (χ4v) is 4.05. The number of hydrogen-bond acceptors (Lipinski definition) is 8. The fraction of sp³-hybridized carbons (Fsp3) is 0.208. The predicted molar refractivity (Wildman–Crippen MR) is 138 cm³/mol. The van der Waals surface area contributed by atoms with Crippen molar-refractivity contribution in [3.05, 3.63) is 76.2 Å². The Hall–Kier alpha value is -4.45. The average molecular weight is 510 g/mol. The van der Waals surface area contributed by atoms with Gasteiger partial charge >= 0.3 is 0 Å². The predicted octanol–water partition coefficient (Wildman–Crippen LogP) is 4.18. The fourth-order valence-electron chi connectivity index (χ4n) is 3.85. The SMILES string of the molecule is COc1ccc(NC(=O)c2ccco2)cc1NC(=S)NC(=O)c1ccc(N2CCCC2)c([N+](=O)[O-])c1. The molecule has 0 saturated carbocycles. The van der Waals surface area contributed by atoms with E-state index in [4.69, 9.17) is 21.4 Å². The van der Waals surface area contributed by atoms with Gasteiger partial charge in [-0.2, -0.15) is 0 Å². The van der Waals surface area contributed by atoms with Crippen LogP contribution in [0.15, 0.2) is 59.2 Å². The first-order valence-electron chi connectivity index (χ1n) is 11.0. The molecule has 1 aliphatic heterocycles. The van der Waals surface area contributed by atoms with Crippen molar-refractivity contribution in [3.63, 3.8) is 0 Å². The lowest BCUT2D eigenvalue weighted by Crippen LogP contribution is -2.34. The first-order chi connectivity index (χ1) is 17.4. The van der Waals surface area contributed by atoms with Gasteiger partial charge in [-0.3, -0.25) is 25.0 Å². The van der Waals surface area contributed by atoms with Gasteiger partial charge in [0.15, 0.2) is 10.9 Å². The third-order valence-corrected chi connectivity index (χ3v) is 5.76. The van der Waals surface area contributed by atoms with Crippen LogP contribution < -0.4 is 25.6 Å². The van der Waals surface area contributed by atoms with E-state index in [1.807, 2.05) is 4.90 Å². The quantitative estimate of drug-likeness (QED) is 0.243. The first kappa shape index (κ1) is 24.7. The smallest absolute Gasteiger partial charge is 0.293 e. The van der Waals surface area contributed by atoms with Crippen molar-refractivity contribution < 1.29 is 23.7 Å². The number of rotatable bonds is 7. The van der Waals surface area contributed by atoms with Crippen LogP contribution >= 0.6 is 12.2 Å². The van der Waals surface area contributed by atoms with Gasteiger partial charge in [0, 0.05) is 30.4 Å². The zero-order chi connectivity index (χ0) is 25.7. The van der Waals surface area contributed by atoms with Crippen LogP contribution in [0, 0.1) is 10.1 Å². The number of ether oxygens (including phenoxy) is 1. The van der Waals surface area contributed by atoms with Gasteiger partial charge in [-0.15, -0.1) is 0 Å². The van der Waals surface area contributed by atoms with Crippen LogP contribution in [0.5, 0.6) is 5.75 Å². The van der Waals surface area contributed by atoms with Crippen molar-refractivity contribution in [1.82, 2.24) is 5.32 Å². The highest BCUT2D eigenvalue weighted by molar-refractivity contribution is 7.80. The highest BCUT2D eigenvalue weighted by Crippen LogP contribution is 2.32. The standard InChI is InChI=1S/C24H23N5O6S/c1-34-20-9-7-16(25-23(31)21-5-4-12-35-21)14-17(20)26-24(36)27-22(30)15-6-8-18(19(13-15)29(32)33)28-10-2-3-11-28/h4-9,12-14H,2-3,10-11H2,1H3,(H,25,31)(H2,26,27,30,36). The maximum absolute atomic E-state index is 12.8. The summed E-state index contributed by atoms with van der Waals surface area (Å²) in [6.07, 6.45) is 3.33. The number of nitro groups is 1. The summed E-state index contributed by atoms with van der Waals surface area (Å²) in [5.41, 5.74) is 1.27. The molecule has 0 aliphatic carbocycles. The molecular weight excluding hydrogens is 486 g/mol. The lowest BCUT2D eigenvalue weighted by atomic mass is 10.1. The van der Waals surface area contributed by atoms with Gasteiger partial charge in [-0.1, -0.05) is 0 Å². The summed E-state index contributed by atoms with van der Waals surface area (Å²) < 4.78 is 10.4. The second kappa shape index (κ2) is 10.9. The number of nitro benzene ring substituents is 1. The highest BCUT2D eigenvalue weighted by Gasteiger charge is 2.24.